The number of benzene rings is 2. The van der Waals surface area contributed by atoms with Crippen LogP contribution >= 0.6 is 15.9 Å². The van der Waals surface area contributed by atoms with Crippen LogP contribution < -0.4 is 5.32 Å². The summed E-state index contributed by atoms with van der Waals surface area (Å²) in [5.74, 6) is -0.835. The van der Waals surface area contributed by atoms with Gasteiger partial charge in [0.25, 0.3) is 0 Å². The molecule has 0 bridgehead atoms. The largest absolute Gasteiger partial charge is 0.306 e. The van der Waals surface area contributed by atoms with Crippen LogP contribution in [0.3, 0.4) is 0 Å². The number of hydrogen-bond donors (Lipinski definition) is 1. The zero-order valence-corrected chi connectivity index (χ0v) is 13.0. The summed E-state index contributed by atoms with van der Waals surface area (Å²) in [6.07, 6.45) is 0. The van der Waals surface area contributed by atoms with Gasteiger partial charge in [0.05, 0.1) is 6.04 Å². The van der Waals surface area contributed by atoms with E-state index in [0.717, 1.165) is 21.7 Å². The molecule has 0 aliphatic carbocycles. The van der Waals surface area contributed by atoms with E-state index < -0.39 is 11.6 Å². The van der Waals surface area contributed by atoms with Gasteiger partial charge in [-0.25, -0.2) is 8.78 Å². The van der Waals surface area contributed by atoms with Gasteiger partial charge in [-0.15, -0.1) is 0 Å². The Morgan fingerprint density at radius 1 is 1.10 bits per heavy atom. The fraction of sp³-hybridized carbons (Fsp3) is 0.250. The van der Waals surface area contributed by atoms with E-state index in [9.17, 15) is 8.78 Å². The van der Waals surface area contributed by atoms with Gasteiger partial charge in [0.15, 0.2) is 0 Å². The summed E-state index contributed by atoms with van der Waals surface area (Å²) in [6, 6.07) is 9.00. The van der Waals surface area contributed by atoms with Crippen LogP contribution in [-0.4, -0.2) is 6.54 Å². The lowest BCUT2D eigenvalue weighted by Crippen LogP contribution is -2.24. The van der Waals surface area contributed by atoms with Gasteiger partial charge in [-0.2, -0.15) is 0 Å². The first kappa shape index (κ1) is 15.1. The van der Waals surface area contributed by atoms with Gasteiger partial charge in [0, 0.05) is 10.0 Å². The van der Waals surface area contributed by atoms with Crippen molar-refractivity contribution in [3.05, 3.63) is 69.2 Å². The van der Waals surface area contributed by atoms with Gasteiger partial charge < -0.3 is 5.32 Å². The van der Waals surface area contributed by atoms with E-state index >= 15 is 0 Å². The number of aryl methyl sites for hydroxylation is 1. The predicted octanol–water partition coefficient (Wildman–Crippen LogP) is 4.73. The number of hydrogen-bond acceptors (Lipinski definition) is 1. The molecule has 1 N–H and O–H groups in total. The number of nitrogens with one attached hydrogen (secondary N) is 1. The third-order valence-electron chi connectivity index (χ3n) is 3.22. The van der Waals surface area contributed by atoms with Gasteiger partial charge in [-0.1, -0.05) is 28.9 Å². The fourth-order valence-corrected chi connectivity index (χ4v) is 2.77. The number of halogens is 3. The summed E-state index contributed by atoms with van der Waals surface area (Å²) in [5.41, 5.74) is 2.30. The highest BCUT2D eigenvalue weighted by molar-refractivity contribution is 9.10. The minimum atomic E-state index is -0.431. The molecule has 20 heavy (non-hydrogen) atoms. The van der Waals surface area contributed by atoms with Gasteiger partial charge >= 0.3 is 0 Å². The summed E-state index contributed by atoms with van der Waals surface area (Å²) >= 11 is 3.41. The molecule has 0 saturated heterocycles. The van der Waals surface area contributed by atoms with Crippen molar-refractivity contribution in [1.82, 2.24) is 5.32 Å². The Balaban J connectivity index is 2.53. The third-order valence-corrected chi connectivity index (χ3v) is 3.71. The van der Waals surface area contributed by atoms with E-state index in [2.05, 4.69) is 21.2 Å². The predicted molar refractivity (Wildman–Crippen MR) is 80.8 cm³/mol. The molecule has 0 radical (unpaired) electrons. The van der Waals surface area contributed by atoms with E-state index in [1.54, 1.807) is 0 Å². The Bertz CT molecular complexity index is 613. The summed E-state index contributed by atoms with van der Waals surface area (Å²) in [6.45, 7) is 4.57. The van der Waals surface area contributed by atoms with Gasteiger partial charge in [0.2, 0.25) is 0 Å². The van der Waals surface area contributed by atoms with Crippen molar-refractivity contribution in [2.75, 3.05) is 6.54 Å². The molecule has 0 heterocycles. The topological polar surface area (TPSA) is 12.0 Å². The standard InChI is InChI=1S/C16H16BrF2N/c1-3-20-16(13-6-4-11(17)8-10(13)2)14-9-12(18)5-7-15(14)19/h4-9,16,20H,3H2,1-2H3. The summed E-state index contributed by atoms with van der Waals surface area (Å²) in [5, 5.41) is 3.22. The van der Waals surface area contributed by atoms with Crippen LogP contribution in [0.5, 0.6) is 0 Å². The lowest BCUT2D eigenvalue weighted by molar-refractivity contribution is 0.544. The summed E-state index contributed by atoms with van der Waals surface area (Å²) in [7, 11) is 0. The Labute approximate surface area is 126 Å². The van der Waals surface area contributed by atoms with Crippen molar-refractivity contribution in [3.63, 3.8) is 0 Å². The third kappa shape index (κ3) is 3.25. The summed E-state index contributed by atoms with van der Waals surface area (Å²) < 4.78 is 28.4. The Morgan fingerprint density at radius 2 is 1.85 bits per heavy atom. The number of rotatable bonds is 4. The van der Waals surface area contributed by atoms with Crippen LogP contribution in [0.25, 0.3) is 0 Å². The first-order valence-electron chi connectivity index (χ1n) is 6.47. The molecule has 106 valence electrons. The molecule has 2 aromatic carbocycles. The van der Waals surface area contributed by atoms with Crippen LogP contribution in [-0.2, 0) is 0 Å². The second-order valence-corrected chi connectivity index (χ2v) is 5.57. The molecule has 0 aromatic heterocycles. The molecule has 1 nitrogen and oxygen atoms in total. The first-order valence-corrected chi connectivity index (χ1v) is 7.26. The van der Waals surface area contributed by atoms with Crippen molar-refractivity contribution in [3.8, 4) is 0 Å². The Kier molecular flexibility index (Phi) is 4.89. The monoisotopic (exact) mass is 339 g/mol. The lowest BCUT2D eigenvalue weighted by atomic mass is 9.94. The van der Waals surface area contributed by atoms with Crippen molar-refractivity contribution in [2.45, 2.75) is 19.9 Å². The molecular formula is C16H16BrF2N. The lowest BCUT2D eigenvalue weighted by Gasteiger charge is -2.21. The molecule has 1 atom stereocenters. The van der Waals surface area contributed by atoms with Crippen LogP contribution in [0.2, 0.25) is 0 Å². The fourth-order valence-electron chi connectivity index (χ4n) is 2.29. The average molecular weight is 340 g/mol. The van der Waals surface area contributed by atoms with Gasteiger partial charge in [-0.3, -0.25) is 0 Å². The zero-order chi connectivity index (χ0) is 14.7. The molecule has 0 amide bonds. The van der Waals surface area contributed by atoms with Crippen LogP contribution in [0.15, 0.2) is 40.9 Å². The maximum absolute atomic E-state index is 14.0. The van der Waals surface area contributed by atoms with Crippen molar-refractivity contribution in [1.29, 1.82) is 0 Å². The van der Waals surface area contributed by atoms with E-state index in [1.165, 1.54) is 12.1 Å². The SMILES string of the molecule is CCNC(c1ccc(Br)cc1C)c1cc(F)ccc1F. The van der Waals surface area contributed by atoms with Crippen molar-refractivity contribution in [2.24, 2.45) is 0 Å². The molecular weight excluding hydrogens is 324 g/mol. The van der Waals surface area contributed by atoms with Crippen LogP contribution in [0.1, 0.15) is 29.7 Å². The smallest absolute Gasteiger partial charge is 0.128 e. The molecule has 0 spiro atoms. The van der Waals surface area contributed by atoms with E-state index in [1.807, 2.05) is 32.0 Å². The zero-order valence-electron chi connectivity index (χ0n) is 11.4. The second kappa shape index (κ2) is 6.46. The van der Waals surface area contributed by atoms with E-state index in [-0.39, 0.29) is 6.04 Å². The normalized spacial score (nSPS) is 12.4. The Morgan fingerprint density at radius 3 is 2.50 bits per heavy atom. The second-order valence-electron chi connectivity index (χ2n) is 4.66. The Hall–Kier alpha value is -1.26. The van der Waals surface area contributed by atoms with Crippen LogP contribution in [0, 0.1) is 18.6 Å². The van der Waals surface area contributed by atoms with E-state index in [4.69, 9.17) is 0 Å². The highest BCUT2D eigenvalue weighted by Crippen LogP contribution is 2.29. The quantitative estimate of drug-likeness (QED) is 0.848. The first-order chi connectivity index (χ1) is 9.52. The summed E-state index contributed by atoms with van der Waals surface area (Å²) in [4.78, 5) is 0. The van der Waals surface area contributed by atoms with Crippen molar-refractivity contribution < 1.29 is 8.78 Å². The average Bonchev–Trinajstić information content (AvgIpc) is 2.40. The van der Waals surface area contributed by atoms with E-state index in [0.29, 0.717) is 12.1 Å². The minimum Gasteiger partial charge on any atom is -0.306 e. The molecule has 0 saturated carbocycles. The van der Waals surface area contributed by atoms with Gasteiger partial charge in [0.1, 0.15) is 11.6 Å². The molecule has 2 rings (SSSR count). The molecule has 0 aliphatic rings. The highest BCUT2D eigenvalue weighted by atomic mass is 79.9. The van der Waals surface area contributed by atoms with Crippen LogP contribution in [0.4, 0.5) is 8.78 Å². The highest BCUT2D eigenvalue weighted by Gasteiger charge is 2.19. The molecule has 2 aromatic rings. The molecule has 4 heteroatoms. The van der Waals surface area contributed by atoms with Gasteiger partial charge in [-0.05, 0) is 54.9 Å². The maximum Gasteiger partial charge on any atom is 0.128 e. The minimum absolute atomic E-state index is 0.331. The van der Waals surface area contributed by atoms with Crippen molar-refractivity contribution >= 4 is 15.9 Å². The molecule has 0 fully saturated rings. The molecule has 1 unspecified atom stereocenters. The molecule has 0 aliphatic heterocycles. The maximum atomic E-state index is 14.0.